The maximum Gasteiger partial charge on any atom is 0.115 e. The van der Waals surface area contributed by atoms with Crippen molar-refractivity contribution in [2.24, 2.45) is 0 Å². The topological polar surface area (TPSA) is 38.3 Å². The fourth-order valence-electron chi connectivity index (χ4n) is 4.10. The van der Waals surface area contributed by atoms with Gasteiger partial charge in [-0.1, -0.05) is 32.6 Å². The van der Waals surface area contributed by atoms with Crippen molar-refractivity contribution in [2.45, 2.75) is 110 Å². The zero-order valence-corrected chi connectivity index (χ0v) is 16.9. The van der Waals surface area contributed by atoms with Crippen LogP contribution in [-0.2, 0) is 11.3 Å². The van der Waals surface area contributed by atoms with Crippen LogP contribution in [0.4, 0.5) is 0 Å². The van der Waals surface area contributed by atoms with E-state index < -0.39 is 0 Å². The summed E-state index contributed by atoms with van der Waals surface area (Å²) in [5, 5.41) is 2.30. The van der Waals surface area contributed by atoms with Crippen molar-refractivity contribution >= 4 is 0 Å². The van der Waals surface area contributed by atoms with E-state index in [1.165, 1.54) is 44.9 Å². The largest absolute Gasteiger partial charge is 0.294 e. The highest BCUT2D eigenvalue weighted by atomic mass is 16.7. The Morgan fingerprint density at radius 2 is 1.68 bits per heavy atom. The van der Waals surface area contributed by atoms with Gasteiger partial charge in [0.05, 0.1) is 6.10 Å². The van der Waals surface area contributed by atoms with E-state index >= 15 is 0 Å². The van der Waals surface area contributed by atoms with Crippen molar-refractivity contribution < 1.29 is 4.84 Å². The van der Waals surface area contributed by atoms with Crippen molar-refractivity contribution in [1.29, 1.82) is 0 Å². The molecule has 142 valence electrons. The molecule has 25 heavy (non-hydrogen) atoms. The number of nitrogens with zero attached hydrogens (tertiary/aromatic N) is 3. The highest BCUT2D eigenvalue weighted by Gasteiger charge is 2.43. The molecule has 2 heterocycles. The summed E-state index contributed by atoms with van der Waals surface area (Å²) in [6.45, 7) is 11.5. The van der Waals surface area contributed by atoms with Crippen LogP contribution < -0.4 is 0 Å². The molecule has 1 fully saturated rings. The van der Waals surface area contributed by atoms with Gasteiger partial charge in [0, 0.05) is 29.9 Å². The Morgan fingerprint density at radius 1 is 1.04 bits per heavy atom. The van der Waals surface area contributed by atoms with E-state index in [4.69, 9.17) is 4.84 Å². The molecule has 0 saturated carbocycles. The average molecular weight is 348 g/mol. The Kier molecular flexibility index (Phi) is 7.38. The Labute approximate surface area is 154 Å². The lowest BCUT2D eigenvalue weighted by Crippen LogP contribution is -2.59. The quantitative estimate of drug-likeness (QED) is 0.566. The standard InChI is InChI=1S/C21H37N3O/c1-6-7-8-9-11-19(14-18-15-22-17-23-16-18)25-24-20(2,3)12-10-13-21(24,4)5/h15-17,19H,6-14H2,1-5H3. The van der Waals surface area contributed by atoms with Gasteiger partial charge in [-0.3, -0.25) is 4.84 Å². The summed E-state index contributed by atoms with van der Waals surface area (Å²) in [6, 6.07) is 0. The van der Waals surface area contributed by atoms with Gasteiger partial charge >= 0.3 is 0 Å². The minimum atomic E-state index is 0.0800. The van der Waals surface area contributed by atoms with E-state index in [9.17, 15) is 0 Å². The first-order valence-electron chi connectivity index (χ1n) is 10.1. The minimum absolute atomic E-state index is 0.0800. The van der Waals surface area contributed by atoms with Crippen LogP contribution in [0.5, 0.6) is 0 Å². The molecule has 4 nitrogen and oxygen atoms in total. The third-order valence-corrected chi connectivity index (χ3v) is 5.39. The molecule has 0 radical (unpaired) electrons. The summed E-state index contributed by atoms with van der Waals surface area (Å²) in [7, 11) is 0. The lowest BCUT2D eigenvalue weighted by atomic mass is 9.82. The zero-order chi connectivity index (χ0) is 18.3. The van der Waals surface area contributed by atoms with Gasteiger partial charge in [-0.05, 0) is 58.9 Å². The Hall–Kier alpha value is -1.00. The van der Waals surface area contributed by atoms with Crippen LogP contribution in [0.1, 0.15) is 91.5 Å². The second kappa shape index (κ2) is 9.09. The average Bonchev–Trinajstić information content (AvgIpc) is 2.55. The summed E-state index contributed by atoms with van der Waals surface area (Å²) in [6.07, 6.45) is 16.3. The first kappa shape index (κ1) is 20.3. The Bertz CT molecular complexity index is 485. The van der Waals surface area contributed by atoms with Crippen LogP contribution in [0.25, 0.3) is 0 Å². The van der Waals surface area contributed by atoms with Gasteiger partial charge in [-0.25, -0.2) is 9.97 Å². The molecule has 0 aromatic carbocycles. The highest BCUT2D eigenvalue weighted by molar-refractivity contribution is 5.04. The summed E-state index contributed by atoms with van der Waals surface area (Å²) in [4.78, 5) is 15.0. The van der Waals surface area contributed by atoms with Gasteiger partial charge in [-0.2, -0.15) is 5.06 Å². The van der Waals surface area contributed by atoms with Crippen LogP contribution >= 0.6 is 0 Å². The second-order valence-electron chi connectivity index (χ2n) is 8.80. The summed E-state index contributed by atoms with van der Waals surface area (Å²) >= 11 is 0. The second-order valence-corrected chi connectivity index (χ2v) is 8.80. The van der Waals surface area contributed by atoms with Gasteiger partial charge in [-0.15, -0.1) is 0 Å². The fourth-order valence-corrected chi connectivity index (χ4v) is 4.10. The van der Waals surface area contributed by atoms with Crippen molar-refractivity contribution in [1.82, 2.24) is 15.0 Å². The molecule has 1 aromatic rings. The lowest BCUT2D eigenvalue weighted by Gasteiger charge is -2.52. The maximum atomic E-state index is 6.68. The normalized spacial score (nSPS) is 21.2. The smallest absolute Gasteiger partial charge is 0.115 e. The van der Waals surface area contributed by atoms with Gasteiger partial charge in [0.1, 0.15) is 6.33 Å². The van der Waals surface area contributed by atoms with Crippen molar-refractivity contribution in [3.05, 3.63) is 24.3 Å². The molecule has 0 N–H and O–H groups in total. The molecule has 1 unspecified atom stereocenters. The summed E-state index contributed by atoms with van der Waals surface area (Å²) in [5.41, 5.74) is 1.32. The van der Waals surface area contributed by atoms with Gasteiger partial charge in [0.2, 0.25) is 0 Å². The molecular formula is C21H37N3O. The third kappa shape index (κ3) is 6.03. The lowest BCUT2D eigenvalue weighted by molar-refractivity contribution is -0.305. The Morgan fingerprint density at radius 3 is 2.28 bits per heavy atom. The SMILES string of the molecule is CCCCCCC(Cc1cncnc1)ON1C(C)(C)CCCC1(C)C. The zero-order valence-electron chi connectivity index (χ0n) is 16.9. The van der Waals surface area contributed by atoms with Crippen LogP contribution in [0.3, 0.4) is 0 Å². The predicted octanol–water partition coefficient (Wildman–Crippen LogP) is 5.33. The highest BCUT2D eigenvalue weighted by Crippen LogP contribution is 2.39. The van der Waals surface area contributed by atoms with Gasteiger partial charge in [0.25, 0.3) is 0 Å². The molecule has 0 bridgehead atoms. The Balaban J connectivity index is 2.07. The maximum absolute atomic E-state index is 6.68. The number of hydrogen-bond acceptors (Lipinski definition) is 4. The van der Waals surface area contributed by atoms with Crippen molar-refractivity contribution in [3.8, 4) is 0 Å². The molecule has 2 rings (SSSR count). The molecule has 1 aliphatic rings. The molecular weight excluding hydrogens is 310 g/mol. The van der Waals surface area contributed by atoms with E-state index in [-0.39, 0.29) is 17.2 Å². The van der Waals surface area contributed by atoms with E-state index in [1.54, 1.807) is 6.33 Å². The molecule has 1 aliphatic heterocycles. The molecule has 0 spiro atoms. The van der Waals surface area contributed by atoms with E-state index in [0.717, 1.165) is 18.4 Å². The van der Waals surface area contributed by atoms with Crippen LogP contribution in [0.15, 0.2) is 18.7 Å². The minimum Gasteiger partial charge on any atom is -0.294 e. The third-order valence-electron chi connectivity index (χ3n) is 5.39. The first-order valence-corrected chi connectivity index (χ1v) is 10.1. The van der Waals surface area contributed by atoms with Crippen LogP contribution in [0, 0.1) is 0 Å². The number of hydrogen-bond donors (Lipinski definition) is 0. The van der Waals surface area contributed by atoms with Crippen LogP contribution in [-0.4, -0.2) is 32.2 Å². The number of unbranched alkanes of at least 4 members (excludes halogenated alkanes) is 3. The summed E-state index contributed by atoms with van der Waals surface area (Å²) < 4.78 is 0. The molecule has 0 aliphatic carbocycles. The molecule has 4 heteroatoms. The monoisotopic (exact) mass is 347 g/mol. The number of rotatable bonds is 9. The van der Waals surface area contributed by atoms with E-state index in [0.29, 0.717) is 0 Å². The summed E-state index contributed by atoms with van der Waals surface area (Å²) in [5.74, 6) is 0. The van der Waals surface area contributed by atoms with Gasteiger partial charge < -0.3 is 0 Å². The first-order chi connectivity index (χ1) is 11.8. The van der Waals surface area contributed by atoms with Crippen molar-refractivity contribution in [3.63, 3.8) is 0 Å². The molecule has 1 saturated heterocycles. The van der Waals surface area contributed by atoms with Crippen molar-refractivity contribution in [2.75, 3.05) is 0 Å². The molecule has 1 atom stereocenters. The number of aromatic nitrogens is 2. The number of piperidine rings is 1. The predicted molar refractivity (Wildman–Crippen MR) is 103 cm³/mol. The van der Waals surface area contributed by atoms with Crippen LogP contribution in [0.2, 0.25) is 0 Å². The van der Waals surface area contributed by atoms with E-state index in [1.807, 2.05) is 12.4 Å². The number of hydroxylamine groups is 2. The molecule has 0 amide bonds. The fraction of sp³-hybridized carbons (Fsp3) is 0.810. The van der Waals surface area contributed by atoms with Gasteiger partial charge in [0.15, 0.2) is 0 Å². The molecule has 1 aromatic heterocycles. The van der Waals surface area contributed by atoms with E-state index in [2.05, 4.69) is 49.6 Å².